The Hall–Kier alpha value is -1.50. The van der Waals surface area contributed by atoms with Crippen molar-refractivity contribution in [2.24, 2.45) is 5.92 Å². The number of hydrogen-bond acceptors (Lipinski definition) is 4. The summed E-state index contributed by atoms with van der Waals surface area (Å²) in [5.74, 6) is 0.0527. The number of rotatable bonds is 6. The fraction of sp³-hybridized carbons (Fsp3) is 0.632. The van der Waals surface area contributed by atoms with Crippen molar-refractivity contribution in [2.75, 3.05) is 19.6 Å². The van der Waals surface area contributed by atoms with Crippen LogP contribution in [-0.4, -0.2) is 42.5 Å². The first-order valence-electron chi connectivity index (χ1n) is 9.38. The van der Waals surface area contributed by atoms with Crippen LogP contribution in [0.25, 0.3) is 0 Å². The lowest BCUT2D eigenvalue weighted by atomic mass is 9.94. The van der Waals surface area contributed by atoms with Crippen molar-refractivity contribution >= 4 is 5.91 Å². The minimum atomic E-state index is -0.228. The van der Waals surface area contributed by atoms with Gasteiger partial charge in [-0.1, -0.05) is 26.0 Å². The van der Waals surface area contributed by atoms with E-state index < -0.39 is 0 Å². The Labute approximate surface area is 149 Å². The smallest absolute Gasteiger partial charge is 0.238 e. The van der Waals surface area contributed by atoms with Gasteiger partial charge in [-0.3, -0.25) is 15.1 Å². The Morgan fingerprint density at radius 2 is 1.96 bits per heavy atom. The Balaban J connectivity index is 1.64. The Kier molecular flexibility index (Phi) is 6.04. The molecule has 25 heavy (non-hydrogen) atoms. The predicted octanol–water partition coefficient (Wildman–Crippen LogP) is 1.97. The van der Waals surface area contributed by atoms with Gasteiger partial charge in [-0.25, -0.2) is 9.82 Å². The maximum atomic E-state index is 13.3. The second-order valence-electron chi connectivity index (χ2n) is 7.20. The van der Waals surface area contributed by atoms with Crippen molar-refractivity contribution < 1.29 is 9.18 Å². The number of halogens is 1. The average molecular weight is 348 g/mol. The topological polar surface area (TPSA) is 56.4 Å². The van der Waals surface area contributed by atoms with Crippen molar-refractivity contribution in [1.29, 1.82) is 0 Å². The second kappa shape index (κ2) is 8.25. The van der Waals surface area contributed by atoms with Gasteiger partial charge >= 0.3 is 0 Å². The monoisotopic (exact) mass is 348 g/mol. The molecule has 0 saturated carbocycles. The second-order valence-corrected chi connectivity index (χ2v) is 7.20. The van der Waals surface area contributed by atoms with Crippen LogP contribution in [0.1, 0.15) is 44.7 Å². The zero-order chi connectivity index (χ0) is 17.8. The molecule has 2 heterocycles. The minimum Gasteiger partial charge on any atom is -0.353 e. The van der Waals surface area contributed by atoms with Crippen LogP contribution in [0.5, 0.6) is 0 Å². The lowest BCUT2D eigenvalue weighted by molar-refractivity contribution is -0.123. The van der Waals surface area contributed by atoms with Crippen LogP contribution in [0.15, 0.2) is 24.3 Å². The molecule has 1 amide bonds. The number of carbonyl (C=O) groups excluding carboxylic acids is 1. The molecule has 0 aromatic heterocycles. The van der Waals surface area contributed by atoms with Crippen LogP contribution in [-0.2, 0) is 4.79 Å². The van der Waals surface area contributed by atoms with Crippen molar-refractivity contribution in [3.8, 4) is 0 Å². The van der Waals surface area contributed by atoms with E-state index in [4.69, 9.17) is 0 Å². The van der Waals surface area contributed by atoms with Gasteiger partial charge in [0.1, 0.15) is 11.9 Å². The molecule has 4 unspecified atom stereocenters. The molecule has 0 bridgehead atoms. The van der Waals surface area contributed by atoms with E-state index in [1.54, 1.807) is 0 Å². The largest absolute Gasteiger partial charge is 0.353 e. The van der Waals surface area contributed by atoms with E-state index in [1.165, 1.54) is 25.0 Å². The number of amides is 1. The minimum absolute atomic E-state index is 0.0299. The molecular weight excluding hydrogens is 319 g/mol. The lowest BCUT2D eigenvalue weighted by Crippen LogP contribution is -2.47. The van der Waals surface area contributed by atoms with Gasteiger partial charge in [0.25, 0.3) is 0 Å². The van der Waals surface area contributed by atoms with E-state index in [0.29, 0.717) is 12.6 Å². The van der Waals surface area contributed by atoms with Gasteiger partial charge < -0.3 is 5.32 Å². The summed E-state index contributed by atoms with van der Waals surface area (Å²) < 4.78 is 13.3. The first kappa shape index (κ1) is 18.3. The first-order chi connectivity index (χ1) is 12.1. The van der Waals surface area contributed by atoms with Crippen molar-refractivity contribution in [2.45, 2.75) is 51.2 Å². The van der Waals surface area contributed by atoms with Crippen LogP contribution in [0, 0.1) is 11.7 Å². The van der Waals surface area contributed by atoms with Crippen LogP contribution in [0.4, 0.5) is 4.39 Å². The zero-order valence-electron chi connectivity index (χ0n) is 15.1. The molecule has 4 atom stereocenters. The molecule has 6 heteroatoms. The Morgan fingerprint density at radius 1 is 1.28 bits per heavy atom. The molecular formula is C19H29FN4O. The summed E-state index contributed by atoms with van der Waals surface area (Å²) in [6, 6.07) is 6.86. The Bertz CT molecular complexity index is 573. The Morgan fingerprint density at radius 3 is 2.56 bits per heavy atom. The number of nitrogens with zero attached hydrogens (tertiary/aromatic N) is 1. The van der Waals surface area contributed by atoms with E-state index in [2.05, 4.69) is 34.9 Å². The summed E-state index contributed by atoms with van der Waals surface area (Å²) in [5.41, 5.74) is 7.38. The molecule has 3 N–H and O–H groups in total. The van der Waals surface area contributed by atoms with Crippen molar-refractivity contribution in [3.63, 3.8) is 0 Å². The fourth-order valence-electron chi connectivity index (χ4n) is 3.97. The van der Waals surface area contributed by atoms with Crippen molar-refractivity contribution in [3.05, 3.63) is 35.6 Å². The number of carbonyl (C=O) groups is 1. The molecule has 0 aliphatic carbocycles. The molecule has 2 saturated heterocycles. The maximum absolute atomic E-state index is 13.3. The third-order valence-corrected chi connectivity index (χ3v) is 5.61. The highest BCUT2D eigenvalue weighted by Crippen LogP contribution is 2.25. The number of benzene rings is 1. The predicted molar refractivity (Wildman–Crippen MR) is 96.3 cm³/mol. The first-order valence-corrected chi connectivity index (χ1v) is 9.38. The fourth-order valence-corrected chi connectivity index (χ4v) is 3.97. The summed E-state index contributed by atoms with van der Waals surface area (Å²) in [6.07, 6.45) is 3.34. The van der Waals surface area contributed by atoms with E-state index >= 15 is 0 Å². The zero-order valence-corrected chi connectivity index (χ0v) is 15.1. The van der Waals surface area contributed by atoms with Crippen LogP contribution >= 0.6 is 0 Å². The van der Waals surface area contributed by atoms with Crippen molar-refractivity contribution in [1.82, 2.24) is 21.1 Å². The van der Waals surface area contributed by atoms with Gasteiger partial charge in [0.2, 0.25) is 5.91 Å². The summed E-state index contributed by atoms with van der Waals surface area (Å²) in [6.45, 7) is 6.81. The van der Waals surface area contributed by atoms with E-state index in [1.807, 2.05) is 12.1 Å². The highest BCUT2D eigenvalue weighted by molar-refractivity contribution is 5.82. The van der Waals surface area contributed by atoms with Gasteiger partial charge in [-0.15, -0.1) is 0 Å². The summed E-state index contributed by atoms with van der Waals surface area (Å²) >= 11 is 0. The quantitative estimate of drug-likeness (QED) is 0.736. The van der Waals surface area contributed by atoms with Crippen LogP contribution < -0.4 is 16.2 Å². The molecule has 1 aromatic carbocycles. The molecule has 5 nitrogen and oxygen atoms in total. The molecule has 1 aromatic rings. The van der Waals surface area contributed by atoms with Gasteiger partial charge in [-0.05, 0) is 56.0 Å². The third kappa shape index (κ3) is 4.19. The molecule has 0 radical (unpaired) electrons. The van der Waals surface area contributed by atoms with Gasteiger partial charge in [-0.2, -0.15) is 0 Å². The van der Waals surface area contributed by atoms with Crippen LogP contribution in [0.2, 0.25) is 0 Å². The van der Waals surface area contributed by atoms with E-state index in [0.717, 1.165) is 25.1 Å². The average Bonchev–Trinajstić information content (AvgIpc) is 3.26. The number of hydrogen-bond donors (Lipinski definition) is 3. The normalized spacial score (nSPS) is 28.2. The standard InChI is InChI=1S/C19H29FN4O/c1-3-16-13(2)18(23-22-16)19(25)21-12-17(24-10-4-5-11-24)14-6-8-15(20)9-7-14/h6-9,13,16-18,22-23H,3-5,10-12H2,1-2H3,(H,21,25). The highest BCUT2D eigenvalue weighted by Gasteiger charge is 2.36. The molecule has 2 fully saturated rings. The molecule has 2 aliphatic heterocycles. The highest BCUT2D eigenvalue weighted by atomic mass is 19.1. The summed E-state index contributed by atoms with van der Waals surface area (Å²) in [7, 11) is 0. The molecule has 3 rings (SSSR count). The molecule has 2 aliphatic rings. The molecule has 0 spiro atoms. The van der Waals surface area contributed by atoms with Gasteiger partial charge in [0.15, 0.2) is 0 Å². The van der Waals surface area contributed by atoms with Gasteiger partial charge in [0, 0.05) is 12.6 Å². The summed E-state index contributed by atoms with van der Waals surface area (Å²) in [5, 5.41) is 3.11. The van der Waals surface area contributed by atoms with Crippen LogP contribution in [0.3, 0.4) is 0 Å². The third-order valence-electron chi connectivity index (χ3n) is 5.61. The van der Waals surface area contributed by atoms with Gasteiger partial charge in [0.05, 0.1) is 6.04 Å². The summed E-state index contributed by atoms with van der Waals surface area (Å²) in [4.78, 5) is 15.0. The number of likely N-dealkylation sites (tertiary alicyclic amines) is 1. The SMILES string of the molecule is CCC1NNC(C(=O)NCC(c2ccc(F)cc2)N2CCCC2)C1C. The van der Waals surface area contributed by atoms with E-state index in [9.17, 15) is 9.18 Å². The lowest BCUT2D eigenvalue weighted by Gasteiger charge is -2.29. The number of nitrogens with one attached hydrogen (secondary N) is 3. The maximum Gasteiger partial charge on any atom is 0.238 e. The van der Waals surface area contributed by atoms with E-state index in [-0.39, 0.29) is 29.7 Å². The number of hydrazine groups is 1. The molecule has 138 valence electrons.